The molecule has 0 aliphatic rings. The summed E-state index contributed by atoms with van der Waals surface area (Å²) in [6.07, 6.45) is -4.56. The number of nitrogens with zero attached hydrogens (tertiary/aromatic N) is 2. The van der Waals surface area contributed by atoms with Gasteiger partial charge in [-0.2, -0.15) is 13.2 Å². The Morgan fingerprint density at radius 3 is 2.21 bits per heavy atom. The topological polar surface area (TPSA) is 86.8 Å². The summed E-state index contributed by atoms with van der Waals surface area (Å²) in [5.74, 6) is -1.10. The Morgan fingerprint density at radius 1 is 0.977 bits per heavy atom. The maximum atomic E-state index is 14.1. The smallest absolute Gasteiger partial charge is 0.354 e. The summed E-state index contributed by atoms with van der Waals surface area (Å²) in [7, 11) is -4.53. The average Bonchev–Trinajstić information content (AvgIpc) is 2.95. The number of rotatable bonds is 12. The Hall–Kier alpha value is -3.57. The third-order valence-corrected chi connectivity index (χ3v) is 8.88. The van der Waals surface area contributed by atoms with Crippen molar-refractivity contribution in [2.75, 3.05) is 17.4 Å². The van der Waals surface area contributed by atoms with Crippen molar-refractivity contribution in [2.45, 2.75) is 57.8 Å². The van der Waals surface area contributed by atoms with E-state index in [1.807, 2.05) is 13.8 Å². The Kier molecular flexibility index (Phi) is 11.3. The molecule has 3 aromatic rings. The largest absolute Gasteiger partial charge is 0.416 e. The number of sulfonamides is 1. The number of aryl methyl sites for hydroxylation is 1. The molecule has 7 nitrogen and oxygen atoms in total. The van der Waals surface area contributed by atoms with E-state index in [1.54, 1.807) is 50.2 Å². The minimum Gasteiger partial charge on any atom is -0.354 e. The lowest BCUT2D eigenvalue weighted by Crippen LogP contribution is -2.52. The van der Waals surface area contributed by atoms with E-state index in [9.17, 15) is 31.2 Å². The number of nitrogens with one attached hydrogen (secondary N) is 1. The minimum atomic E-state index is -4.75. The number of hydrogen-bond donors (Lipinski definition) is 1. The lowest BCUT2D eigenvalue weighted by molar-refractivity contribution is -0.140. The first-order chi connectivity index (χ1) is 20.1. The van der Waals surface area contributed by atoms with Crippen LogP contribution in [0.4, 0.5) is 18.9 Å². The number of hydrogen-bond acceptors (Lipinski definition) is 4. The van der Waals surface area contributed by atoms with Crippen molar-refractivity contribution in [2.24, 2.45) is 5.92 Å². The van der Waals surface area contributed by atoms with Gasteiger partial charge >= 0.3 is 6.18 Å². The van der Waals surface area contributed by atoms with Gasteiger partial charge in [0.05, 0.1) is 16.1 Å². The number of carbonyl (C=O) groups excluding carboxylic acids is 2. The molecule has 1 N–H and O–H groups in total. The van der Waals surface area contributed by atoms with Crippen molar-refractivity contribution in [1.82, 2.24) is 10.2 Å². The summed E-state index contributed by atoms with van der Waals surface area (Å²) in [6.45, 7) is 6.64. The molecule has 0 aliphatic carbocycles. The fourth-order valence-corrected chi connectivity index (χ4v) is 5.96. The molecule has 0 bridgehead atoms. The third kappa shape index (κ3) is 8.73. The van der Waals surface area contributed by atoms with Crippen LogP contribution in [0.25, 0.3) is 0 Å². The molecule has 232 valence electrons. The van der Waals surface area contributed by atoms with E-state index in [2.05, 4.69) is 5.32 Å². The van der Waals surface area contributed by atoms with Gasteiger partial charge < -0.3 is 10.2 Å². The summed E-state index contributed by atoms with van der Waals surface area (Å²) in [5, 5.41) is 3.15. The highest BCUT2D eigenvalue weighted by molar-refractivity contribution is 7.92. The molecule has 0 unspecified atom stereocenters. The molecule has 3 rings (SSSR count). The molecule has 0 radical (unpaired) electrons. The summed E-state index contributed by atoms with van der Waals surface area (Å²) in [6, 6.07) is 15.2. The van der Waals surface area contributed by atoms with Crippen LogP contribution in [0.5, 0.6) is 0 Å². The number of carbonyl (C=O) groups is 2. The number of amides is 2. The highest BCUT2D eigenvalue weighted by Gasteiger charge is 2.36. The zero-order chi connectivity index (χ0) is 31.9. The average molecular weight is 638 g/mol. The molecule has 0 saturated carbocycles. The second-order valence-electron chi connectivity index (χ2n) is 10.5. The Morgan fingerprint density at radius 2 is 1.63 bits per heavy atom. The van der Waals surface area contributed by atoms with E-state index in [1.165, 1.54) is 23.1 Å². The van der Waals surface area contributed by atoms with Crippen LogP contribution >= 0.6 is 11.6 Å². The van der Waals surface area contributed by atoms with Crippen molar-refractivity contribution in [3.63, 3.8) is 0 Å². The fourth-order valence-electron chi connectivity index (χ4n) is 4.36. The van der Waals surface area contributed by atoms with Crippen LogP contribution in [-0.4, -0.2) is 44.3 Å². The minimum absolute atomic E-state index is 0.130. The highest BCUT2D eigenvalue weighted by atomic mass is 35.5. The maximum absolute atomic E-state index is 14.1. The second kappa shape index (κ2) is 14.3. The Bertz CT molecular complexity index is 1530. The predicted molar refractivity (Wildman–Crippen MR) is 161 cm³/mol. The van der Waals surface area contributed by atoms with Gasteiger partial charge in [-0.1, -0.05) is 74.3 Å². The molecular formula is C31H35ClF3N3O4S. The van der Waals surface area contributed by atoms with Crippen molar-refractivity contribution < 1.29 is 31.2 Å². The van der Waals surface area contributed by atoms with E-state index in [0.29, 0.717) is 27.5 Å². The summed E-state index contributed by atoms with van der Waals surface area (Å²) in [5.41, 5.74) is -0.142. The van der Waals surface area contributed by atoms with Gasteiger partial charge in [0.15, 0.2) is 0 Å². The molecule has 0 aromatic heterocycles. The van der Waals surface area contributed by atoms with Crippen LogP contribution in [0, 0.1) is 12.8 Å². The quantitative estimate of drug-likeness (QED) is 0.248. The van der Waals surface area contributed by atoms with Gasteiger partial charge in [0.1, 0.15) is 12.6 Å². The van der Waals surface area contributed by atoms with Gasteiger partial charge in [0, 0.05) is 18.1 Å². The summed E-state index contributed by atoms with van der Waals surface area (Å²) in [4.78, 5) is 28.4. The lowest BCUT2D eigenvalue weighted by atomic mass is 10.1. The molecule has 0 spiro atoms. The van der Waals surface area contributed by atoms with Gasteiger partial charge in [-0.15, -0.1) is 0 Å². The van der Waals surface area contributed by atoms with Crippen molar-refractivity contribution in [1.29, 1.82) is 0 Å². The SMILES string of the molecule is CC[C@@H](C(=O)NCC(C)C)N(Cc1ccccc1Cl)C(=O)CN(c1cccc(C(F)(F)F)c1)S(=O)(=O)c1ccc(C)cc1. The van der Waals surface area contributed by atoms with Gasteiger partial charge in [-0.05, 0) is 61.2 Å². The molecule has 0 aliphatic heterocycles. The second-order valence-corrected chi connectivity index (χ2v) is 12.8. The van der Waals surface area contributed by atoms with Gasteiger partial charge in [0.25, 0.3) is 10.0 Å². The summed E-state index contributed by atoms with van der Waals surface area (Å²) >= 11 is 6.38. The van der Waals surface area contributed by atoms with E-state index >= 15 is 0 Å². The van der Waals surface area contributed by atoms with Crippen LogP contribution in [0.2, 0.25) is 5.02 Å². The third-order valence-electron chi connectivity index (χ3n) is 6.72. The van der Waals surface area contributed by atoms with E-state index < -0.39 is 46.2 Å². The van der Waals surface area contributed by atoms with Crippen LogP contribution < -0.4 is 9.62 Å². The molecule has 2 amide bonds. The standard InChI is InChI=1S/C31H35ClF3N3O4S/c1-5-28(30(40)36-18-21(2)3)37(19-23-9-6-7-12-27(23)32)29(39)20-38(25-11-8-10-24(17-25)31(33,34)35)43(41,42)26-15-13-22(4)14-16-26/h6-17,21,28H,5,18-20H2,1-4H3,(H,36,40)/t28-/m0/s1. The van der Waals surface area contributed by atoms with Crippen LogP contribution in [0.1, 0.15) is 43.9 Å². The van der Waals surface area contributed by atoms with E-state index in [-0.39, 0.29) is 29.5 Å². The van der Waals surface area contributed by atoms with Crippen LogP contribution in [0.3, 0.4) is 0 Å². The first kappa shape index (κ1) is 33.9. The molecule has 0 heterocycles. The van der Waals surface area contributed by atoms with E-state index in [0.717, 1.165) is 17.7 Å². The molecule has 1 atom stereocenters. The summed E-state index contributed by atoms with van der Waals surface area (Å²) < 4.78 is 69.4. The first-order valence-corrected chi connectivity index (χ1v) is 15.5. The first-order valence-electron chi connectivity index (χ1n) is 13.7. The van der Waals surface area contributed by atoms with Crippen molar-refractivity contribution in [3.05, 3.63) is 94.5 Å². The number of alkyl halides is 3. The molecule has 3 aromatic carbocycles. The monoisotopic (exact) mass is 637 g/mol. The molecule has 0 fully saturated rings. The fraction of sp³-hybridized carbons (Fsp3) is 0.355. The molecule has 43 heavy (non-hydrogen) atoms. The Labute approximate surface area is 255 Å². The zero-order valence-electron chi connectivity index (χ0n) is 24.4. The van der Waals surface area contributed by atoms with Crippen LogP contribution in [-0.2, 0) is 32.3 Å². The number of benzene rings is 3. The van der Waals surface area contributed by atoms with Gasteiger partial charge in [0.2, 0.25) is 11.8 Å². The number of halogens is 4. The lowest BCUT2D eigenvalue weighted by Gasteiger charge is -2.33. The Balaban J connectivity index is 2.12. The predicted octanol–water partition coefficient (Wildman–Crippen LogP) is 6.44. The zero-order valence-corrected chi connectivity index (χ0v) is 25.9. The molecule has 0 saturated heterocycles. The van der Waals surface area contributed by atoms with Gasteiger partial charge in [-0.25, -0.2) is 8.42 Å². The highest BCUT2D eigenvalue weighted by Crippen LogP contribution is 2.33. The number of anilines is 1. The van der Waals surface area contributed by atoms with Crippen LogP contribution in [0.15, 0.2) is 77.7 Å². The van der Waals surface area contributed by atoms with Crippen molar-refractivity contribution in [3.8, 4) is 0 Å². The molecule has 12 heteroatoms. The van der Waals surface area contributed by atoms with Gasteiger partial charge in [-0.3, -0.25) is 13.9 Å². The van der Waals surface area contributed by atoms with Crippen molar-refractivity contribution >= 4 is 39.1 Å². The normalized spacial score (nSPS) is 12.6. The molecular weight excluding hydrogens is 603 g/mol. The van der Waals surface area contributed by atoms with E-state index in [4.69, 9.17) is 11.6 Å². The maximum Gasteiger partial charge on any atom is 0.416 e.